The number of nitrogens with one attached hydrogen (secondary N) is 1. The maximum atomic E-state index is 5.76. The zero-order chi connectivity index (χ0) is 22.5. The van der Waals surface area contributed by atoms with E-state index in [-0.39, 0.29) is 0 Å². The highest BCUT2D eigenvalue weighted by atomic mass is 32.1. The van der Waals surface area contributed by atoms with Crippen LogP contribution < -0.4 is 10.1 Å². The Bertz CT molecular complexity index is 1060. The van der Waals surface area contributed by atoms with Gasteiger partial charge >= 0.3 is 0 Å². The molecule has 2 heterocycles. The van der Waals surface area contributed by atoms with Gasteiger partial charge in [0.15, 0.2) is 5.11 Å². The van der Waals surface area contributed by atoms with Gasteiger partial charge in [0.2, 0.25) is 0 Å². The largest absolute Gasteiger partial charge is 0.497 e. The van der Waals surface area contributed by atoms with E-state index in [4.69, 9.17) is 22.1 Å². The summed E-state index contributed by atoms with van der Waals surface area (Å²) in [5.41, 5.74) is 5.60. The second-order valence-electron chi connectivity index (χ2n) is 8.23. The van der Waals surface area contributed by atoms with Crippen LogP contribution in [0.25, 0.3) is 0 Å². The van der Waals surface area contributed by atoms with Crippen molar-refractivity contribution in [2.75, 3.05) is 38.6 Å². The van der Waals surface area contributed by atoms with E-state index in [2.05, 4.69) is 58.4 Å². The summed E-state index contributed by atoms with van der Waals surface area (Å²) in [6, 6.07) is 18.7. The molecule has 1 aromatic heterocycles. The number of nitrogens with zero attached hydrogens (tertiary/aromatic N) is 4. The van der Waals surface area contributed by atoms with Crippen LogP contribution in [0.5, 0.6) is 5.75 Å². The van der Waals surface area contributed by atoms with E-state index in [0.717, 1.165) is 67.2 Å². The first-order valence-corrected chi connectivity index (χ1v) is 11.4. The van der Waals surface area contributed by atoms with Gasteiger partial charge < -0.3 is 15.0 Å². The van der Waals surface area contributed by atoms with Crippen molar-refractivity contribution in [3.8, 4) is 5.75 Å². The van der Waals surface area contributed by atoms with Gasteiger partial charge in [-0.3, -0.25) is 9.58 Å². The Morgan fingerprint density at radius 3 is 2.41 bits per heavy atom. The van der Waals surface area contributed by atoms with Crippen molar-refractivity contribution in [1.82, 2.24) is 19.6 Å². The van der Waals surface area contributed by atoms with E-state index >= 15 is 0 Å². The zero-order valence-electron chi connectivity index (χ0n) is 19.0. The van der Waals surface area contributed by atoms with Crippen LogP contribution in [0.15, 0.2) is 54.6 Å². The highest BCUT2D eigenvalue weighted by Crippen LogP contribution is 2.22. The molecule has 1 aliphatic rings. The molecule has 0 spiro atoms. The number of piperazine rings is 1. The van der Waals surface area contributed by atoms with Gasteiger partial charge in [0.05, 0.1) is 30.7 Å². The minimum atomic E-state index is 0.755. The van der Waals surface area contributed by atoms with E-state index in [1.165, 1.54) is 11.1 Å². The number of hydrogen-bond donors (Lipinski definition) is 1. The minimum absolute atomic E-state index is 0.755. The average Bonchev–Trinajstić information content (AvgIpc) is 3.07. The number of aromatic nitrogens is 2. The molecular weight excluding hydrogens is 418 g/mol. The Morgan fingerprint density at radius 2 is 1.69 bits per heavy atom. The fourth-order valence-corrected chi connectivity index (χ4v) is 4.40. The van der Waals surface area contributed by atoms with E-state index in [9.17, 15) is 0 Å². The summed E-state index contributed by atoms with van der Waals surface area (Å²) < 4.78 is 7.39. The van der Waals surface area contributed by atoms with E-state index in [1.807, 2.05) is 29.8 Å². The van der Waals surface area contributed by atoms with Crippen LogP contribution in [-0.4, -0.2) is 58.0 Å². The Morgan fingerprint density at radius 1 is 0.969 bits per heavy atom. The lowest BCUT2D eigenvalue weighted by molar-refractivity contribution is 0.177. The van der Waals surface area contributed by atoms with Crippen molar-refractivity contribution < 1.29 is 4.74 Å². The van der Waals surface area contributed by atoms with Gasteiger partial charge in [0, 0.05) is 32.7 Å². The minimum Gasteiger partial charge on any atom is -0.497 e. The normalized spacial score (nSPS) is 14.4. The Kier molecular flexibility index (Phi) is 7.07. The molecule has 1 N–H and O–H groups in total. The predicted molar refractivity (Wildman–Crippen MR) is 133 cm³/mol. The number of ether oxygens (including phenoxy) is 1. The SMILES string of the molecule is COc1cccc(CN2CCN(C(=S)Nc3c(C)nn(Cc4ccccc4)c3C)CC2)c1. The number of methoxy groups -OCH3 is 1. The Labute approximate surface area is 195 Å². The summed E-state index contributed by atoms with van der Waals surface area (Å²) >= 11 is 5.76. The Balaban J connectivity index is 1.33. The van der Waals surface area contributed by atoms with Gasteiger partial charge in [-0.05, 0) is 49.3 Å². The van der Waals surface area contributed by atoms with Gasteiger partial charge in [-0.15, -0.1) is 0 Å². The lowest BCUT2D eigenvalue weighted by Crippen LogP contribution is -2.49. The molecule has 168 valence electrons. The van der Waals surface area contributed by atoms with Crippen LogP contribution in [0.2, 0.25) is 0 Å². The van der Waals surface area contributed by atoms with Gasteiger partial charge in [-0.2, -0.15) is 5.10 Å². The number of benzene rings is 2. The molecule has 1 aliphatic heterocycles. The maximum Gasteiger partial charge on any atom is 0.173 e. The molecule has 0 atom stereocenters. The summed E-state index contributed by atoms with van der Waals surface area (Å²) in [6.45, 7) is 9.58. The lowest BCUT2D eigenvalue weighted by Gasteiger charge is -2.36. The number of thiocarbonyl (C=S) groups is 1. The van der Waals surface area contributed by atoms with Crippen LogP contribution >= 0.6 is 12.2 Å². The summed E-state index contributed by atoms with van der Waals surface area (Å²) in [6.07, 6.45) is 0. The molecule has 2 aromatic carbocycles. The molecule has 7 heteroatoms. The third-order valence-corrected chi connectivity index (χ3v) is 6.35. The average molecular weight is 450 g/mol. The highest BCUT2D eigenvalue weighted by molar-refractivity contribution is 7.80. The second kappa shape index (κ2) is 10.1. The fourth-order valence-electron chi connectivity index (χ4n) is 4.11. The van der Waals surface area contributed by atoms with Crippen molar-refractivity contribution in [1.29, 1.82) is 0 Å². The van der Waals surface area contributed by atoms with E-state index in [1.54, 1.807) is 7.11 Å². The van der Waals surface area contributed by atoms with Crippen molar-refractivity contribution in [3.05, 3.63) is 77.1 Å². The third-order valence-electron chi connectivity index (χ3n) is 5.99. The number of aryl methyl sites for hydroxylation is 1. The monoisotopic (exact) mass is 449 g/mol. The molecule has 0 bridgehead atoms. The molecule has 0 radical (unpaired) electrons. The highest BCUT2D eigenvalue weighted by Gasteiger charge is 2.21. The molecule has 3 aromatic rings. The Hall–Kier alpha value is -2.90. The standard InChI is InChI=1S/C25H31N5OS/c1-19-24(20(2)30(27-19)18-21-8-5-4-6-9-21)26-25(32)29-14-12-28(13-15-29)17-22-10-7-11-23(16-22)31-3/h4-11,16H,12-15,17-18H2,1-3H3,(H,26,32). The quantitative estimate of drug-likeness (QED) is 0.573. The van der Waals surface area contributed by atoms with Crippen LogP contribution in [0.1, 0.15) is 22.5 Å². The molecule has 4 rings (SSSR count). The van der Waals surface area contributed by atoms with Crippen molar-refractivity contribution in [2.24, 2.45) is 0 Å². The molecular formula is C25H31N5OS. The van der Waals surface area contributed by atoms with Crippen LogP contribution in [0.4, 0.5) is 5.69 Å². The first-order valence-electron chi connectivity index (χ1n) is 11.0. The van der Waals surface area contributed by atoms with Crippen molar-refractivity contribution in [2.45, 2.75) is 26.9 Å². The molecule has 1 saturated heterocycles. The van der Waals surface area contributed by atoms with Gasteiger partial charge in [-0.1, -0.05) is 42.5 Å². The maximum absolute atomic E-state index is 5.76. The first-order chi connectivity index (χ1) is 15.5. The molecule has 0 unspecified atom stereocenters. The molecule has 0 amide bonds. The van der Waals surface area contributed by atoms with Gasteiger partial charge in [-0.25, -0.2) is 0 Å². The summed E-state index contributed by atoms with van der Waals surface area (Å²) in [7, 11) is 1.71. The van der Waals surface area contributed by atoms with Crippen molar-refractivity contribution in [3.63, 3.8) is 0 Å². The zero-order valence-corrected chi connectivity index (χ0v) is 19.9. The summed E-state index contributed by atoms with van der Waals surface area (Å²) in [4.78, 5) is 4.72. The lowest BCUT2D eigenvalue weighted by atomic mass is 10.2. The molecule has 0 saturated carbocycles. The van der Waals surface area contributed by atoms with E-state index in [0.29, 0.717) is 0 Å². The molecule has 1 fully saturated rings. The molecule has 6 nitrogen and oxygen atoms in total. The van der Waals surface area contributed by atoms with E-state index < -0.39 is 0 Å². The van der Waals surface area contributed by atoms with Crippen LogP contribution in [0.3, 0.4) is 0 Å². The third kappa shape index (κ3) is 5.29. The van der Waals surface area contributed by atoms with Gasteiger partial charge in [0.1, 0.15) is 5.75 Å². The van der Waals surface area contributed by atoms with Crippen LogP contribution in [0, 0.1) is 13.8 Å². The second-order valence-corrected chi connectivity index (χ2v) is 8.62. The summed E-state index contributed by atoms with van der Waals surface area (Å²) in [5.74, 6) is 0.907. The molecule has 32 heavy (non-hydrogen) atoms. The number of rotatable bonds is 6. The topological polar surface area (TPSA) is 45.6 Å². The van der Waals surface area contributed by atoms with Crippen molar-refractivity contribution >= 4 is 23.0 Å². The molecule has 0 aliphatic carbocycles. The predicted octanol–water partition coefficient (Wildman–Crippen LogP) is 4.07. The first kappa shape index (κ1) is 22.3. The fraction of sp³-hybridized carbons (Fsp3) is 0.360. The number of anilines is 1. The smallest absolute Gasteiger partial charge is 0.173 e. The van der Waals surface area contributed by atoms with Gasteiger partial charge in [0.25, 0.3) is 0 Å². The summed E-state index contributed by atoms with van der Waals surface area (Å²) in [5, 5.41) is 8.98. The number of hydrogen-bond acceptors (Lipinski definition) is 4. The van der Waals surface area contributed by atoms with Crippen LogP contribution in [-0.2, 0) is 13.1 Å².